The van der Waals surface area contributed by atoms with E-state index >= 15 is 0 Å². The van der Waals surface area contributed by atoms with Gasteiger partial charge in [0.2, 0.25) is 0 Å². The van der Waals surface area contributed by atoms with Crippen LogP contribution in [0.15, 0.2) is 18.7 Å². The molecule has 1 heterocycles. The van der Waals surface area contributed by atoms with Gasteiger partial charge in [-0.25, -0.2) is 0 Å². The van der Waals surface area contributed by atoms with Gasteiger partial charge in [0.25, 0.3) is 0 Å². The van der Waals surface area contributed by atoms with Crippen LogP contribution in [0.5, 0.6) is 0 Å². The molecule has 0 aliphatic heterocycles. The second-order valence-corrected chi connectivity index (χ2v) is 3.68. The lowest BCUT2D eigenvalue weighted by Gasteiger charge is -2.23. The molecule has 0 atom stereocenters. The summed E-state index contributed by atoms with van der Waals surface area (Å²) in [6.07, 6.45) is 1.84. The molecule has 0 aliphatic rings. The van der Waals surface area contributed by atoms with Crippen LogP contribution in [0.3, 0.4) is 0 Å². The highest BCUT2D eigenvalue weighted by molar-refractivity contribution is 5.61. The van der Waals surface area contributed by atoms with Crippen molar-refractivity contribution in [3.63, 3.8) is 0 Å². The number of aryl methyl sites for hydroxylation is 2. The number of nitrogens with zero attached hydrogens (tertiary/aromatic N) is 3. The zero-order chi connectivity index (χ0) is 12.1. The molecule has 0 fully saturated rings. The molecule has 1 rings (SSSR count). The van der Waals surface area contributed by atoms with Crippen molar-refractivity contribution in [1.29, 1.82) is 5.26 Å². The van der Waals surface area contributed by atoms with Gasteiger partial charge in [-0.1, -0.05) is 6.08 Å². The molecule has 3 heteroatoms. The fraction of sp³-hybridized carbons (Fsp3) is 0.385. The maximum absolute atomic E-state index is 9.16. The lowest BCUT2D eigenvalue weighted by molar-refractivity contribution is 0.896. The number of aromatic nitrogens is 1. The van der Waals surface area contributed by atoms with Crippen molar-refractivity contribution >= 4 is 5.69 Å². The van der Waals surface area contributed by atoms with Gasteiger partial charge in [-0.3, -0.25) is 4.98 Å². The van der Waals surface area contributed by atoms with Gasteiger partial charge in [0.05, 0.1) is 16.9 Å². The smallest absolute Gasteiger partial charge is 0.103 e. The summed E-state index contributed by atoms with van der Waals surface area (Å²) >= 11 is 0. The Labute approximate surface area is 97.0 Å². The summed E-state index contributed by atoms with van der Waals surface area (Å²) in [5.41, 5.74) is 3.35. The second-order valence-electron chi connectivity index (χ2n) is 3.68. The van der Waals surface area contributed by atoms with Gasteiger partial charge >= 0.3 is 0 Å². The number of anilines is 1. The molecule has 0 aliphatic carbocycles. The molecule has 16 heavy (non-hydrogen) atoms. The van der Waals surface area contributed by atoms with E-state index in [2.05, 4.69) is 29.5 Å². The SMILES string of the molecule is C=CCN(CC)c1cc(C)nc(C)c1C#N. The lowest BCUT2D eigenvalue weighted by atomic mass is 10.1. The Kier molecular flexibility index (Phi) is 4.07. The Bertz CT molecular complexity index is 430. The maximum Gasteiger partial charge on any atom is 0.103 e. The van der Waals surface area contributed by atoms with Gasteiger partial charge in [0, 0.05) is 18.8 Å². The number of rotatable bonds is 4. The first-order valence-corrected chi connectivity index (χ1v) is 5.38. The first-order valence-electron chi connectivity index (χ1n) is 5.38. The molecule has 0 spiro atoms. The van der Waals surface area contributed by atoms with Gasteiger partial charge in [-0.2, -0.15) is 5.26 Å². The lowest BCUT2D eigenvalue weighted by Crippen LogP contribution is -2.24. The molecule has 0 saturated heterocycles. The highest BCUT2D eigenvalue weighted by Gasteiger charge is 2.12. The average molecular weight is 215 g/mol. The van der Waals surface area contributed by atoms with Crippen molar-refractivity contribution in [2.75, 3.05) is 18.0 Å². The van der Waals surface area contributed by atoms with E-state index in [1.54, 1.807) is 0 Å². The highest BCUT2D eigenvalue weighted by Crippen LogP contribution is 2.22. The van der Waals surface area contributed by atoms with Crippen LogP contribution in [-0.4, -0.2) is 18.1 Å². The molecule has 84 valence electrons. The average Bonchev–Trinajstić information content (AvgIpc) is 2.25. The summed E-state index contributed by atoms with van der Waals surface area (Å²) in [7, 11) is 0. The van der Waals surface area contributed by atoms with Crippen molar-refractivity contribution in [1.82, 2.24) is 4.98 Å². The van der Waals surface area contributed by atoms with E-state index in [0.29, 0.717) is 5.56 Å². The monoisotopic (exact) mass is 215 g/mol. The topological polar surface area (TPSA) is 39.9 Å². The van der Waals surface area contributed by atoms with Gasteiger partial charge in [0.1, 0.15) is 6.07 Å². The van der Waals surface area contributed by atoms with Crippen molar-refractivity contribution < 1.29 is 0 Å². The van der Waals surface area contributed by atoms with Gasteiger partial charge in [-0.15, -0.1) is 6.58 Å². The third kappa shape index (κ3) is 2.40. The number of nitriles is 1. The predicted molar refractivity (Wildman–Crippen MR) is 66.5 cm³/mol. The third-order valence-electron chi connectivity index (χ3n) is 2.49. The Hall–Kier alpha value is -1.82. The maximum atomic E-state index is 9.16. The highest BCUT2D eigenvalue weighted by atomic mass is 15.1. The molecule has 0 aromatic carbocycles. The van der Waals surface area contributed by atoms with Crippen molar-refractivity contribution in [2.24, 2.45) is 0 Å². The third-order valence-corrected chi connectivity index (χ3v) is 2.49. The van der Waals surface area contributed by atoms with Crippen LogP contribution in [0.1, 0.15) is 23.9 Å². The van der Waals surface area contributed by atoms with Crippen molar-refractivity contribution in [3.05, 3.63) is 35.7 Å². The van der Waals surface area contributed by atoms with Crippen LogP contribution in [-0.2, 0) is 0 Å². The van der Waals surface area contributed by atoms with Crippen LogP contribution in [0, 0.1) is 25.2 Å². The Morgan fingerprint density at radius 1 is 1.56 bits per heavy atom. The van der Waals surface area contributed by atoms with Crippen molar-refractivity contribution in [3.8, 4) is 6.07 Å². The largest absolute Gasteiger partial charge is 0.367 e. The van der Waals surface area contributed by atoms with E-state index in [1.165, 1.54) is 0 Å². The van der Waals surface area contributed by atoms with Crippen LogP contribution >= 0.6 is 0 Å². The number of likely N-dealkylation sites (N-methyl/N-ethyl adjacent to an activating group) is 1. The standard InChI is InChI=1S/C13H17N3/c1-5-7-16(6-2)13-8-10(3)15-11(4)12(13)9-14/h5,8H,1,6-7H2,2-4H3. The minimum Gasteiger partial charge on any atom is -0.367 e. The van der Waals surface area contributed by atoms with Crippen LogP contribution in [0.25, 0.3) is 0 Å². The van der Waals surface area contributed by atoms with E-state index < -0.39 is 0 Å². The second kappa shape index (κ2) is 5.32. The van der Waals surface area contributed by atoms with E-state index in [4.69, 9.17) is 5.26 Å². The molecular formula is C13H17N3. The van der Waals surface area contributed by atoms with E-state index in [1.807, 2.05) is 26.0 Å². The summed E-state index contributed by atoms with van der Waals surface area (Å²) in [6, 6.07) is 4.18. The van der Waals surface area contributed by atoms with E-state index in [-0.39, 0.29) is 0 Å². The Morgan fingerprint density at radius 3 is 2.75 bits per heavy atom. The summed E-state index contributed by atoms with van der Waals surface area (Å²) in [5, 5.41) is 9.16. The van der Waals surface area contributed by atoms with E-state index in [9.17, 15) is 0 Å². The minimum absolute atomic E-state index is 0.661. The molecule has 0 N–H and O–H groups in total. The van der Waals surface area contributed by atoms with Crippen LogP contribution in [0.2, 0.25) is 0 Å². The minimum atomic E-state index is 0.661. The summed E-state index contributed by atoms with van der Waals surface area (Å²) in [4.78, 5) is 6.43. The fourth-order valence-electron chi connectivity index (χ4n) is 1.75. The first-order chi connectivity index (χ1) is 7.63. The molecule has 0 unspecified atom stereocenters. The summed E-state index contributed by atoms with van der Waals surface area (Å²) < 4.78 is 0. The predicted octanol–water partition coefficient (Wildman–Crippen LogP) is 2.58. The number of hydrogen-bond donors (Lipinski definition) is 0. The molecule has 0 amide bonds. The van der Waals surface area contributed by atoms with Crippen molar-refractivity contribution in [2.45, 2.75) is 20.8 Å². The molecule has 0 bridgehead atoms. The Morgan fingerprint density at radius 2 is 2.25 bits per heavy atom. The summed E-state index contributed by atoms with van der Waals surface area (Å²) in [6.45, 7) is 11.2. The van der Waals surface area contributed by atoms with Gasteiger partial charge in [-0.05, 0) is 26.8 Å². The van der Waals surface area contributed by atoms with Gasteiger partial charge < -0.3 is 4.90 Å². The molecule has 0 radical (unpaired) electrons. The van der Waals surface area contributed by atoms with Gasteiger partial charge in [0.15, 0.2) is 0 Å². The molecule has 3 nitrogen and oxygen atoms in total. The fourth-order valence-corrected chi connectivity index (χ4v) is 1.75. The van der Waals surface area contributed by atoms with E-state index in [0.717, 1.165) is 30.2 Å². The zero-order valence-corrected chi connectivity index (χ0v) is 10.1. The molecule has 1 aromatic rings. The van der Waals surface area contributed by atoms with Crippen LogP contribution < -0.4 is 4.90 Å². The quantitative estimate of drug-likeness (QED) is 0.725. The first kappa shape index (κ1) is 12.3. The molecule has 1 aromatic heterocycles. The van der Waals surface area contributed by atoms with Crippen LogP contribution in [0.4, 0.5) is 5.69 Å². The summed E-state index contributed by atoms with van der Waals surface area (Å²) in [5.74, 6) is 0. The normalized spacial score (nSPS) is 9.62. The zero-order valence-electron chi connectivity index (χ0n) is 10.1. The molecule has 0 saturated carbocycles. The number of pyridine rings is 1. The Balaban J connectivity index is 3.29. The molecular weight excluding hydrogens is 198 g/mol. The number of hydrogen-bond acceptors (Lipinski definition) is 3.